The van der Waals surface area contributed by atoms with Gasteiger partial charge < -0.3 is 10.8 Å². The first-order chi connectivity index (χ1) is 7.63. The van der Waals surface area contributed by atoms with Gasteiger partial charge in [-0.05, 0) is 18.8 Å². The van der Waals surface area contributed by atoms with E-state index >= 15 is 0 Å². The van der Waals surface area contributed by atoms with Crippen LogP contribution in [0.4, 0.5) is 0 Å². The summed E-state index contributed by atoms with van der Waals surface area (Å²) in [7, 11) is 0. The van der Waals surface area contributed by atoms with Crippen LogP contribution in [0.3, 0.4) is 0 Å². The van der Waals surface area contributed by atoms with Crippen LogP contribution in [0.2, 0.25) is 0 Å². The highest BCUT2D eigenvalue weighted by Crippen LogP contribution is 2.39. The van der Waals surface area contributed by atoms with Crippen molar-refractivity contribution >= 4 is 0 Å². The van der Waals surface area contributed by atoms with Gasteiger partial charge in [-0.15, -0.1) is 0 Å². The topological polar surface area (TPSA) is 72.0 Å². The van der Waals surface area contributed by atoms with Gasteiger partial charge in [0.1, 0.15) is 5.82 Å². The second kappa shape index (κ2) is 4.37. The number of hydrogen-bond acceptors (Lipinski definition) is 4. The molecular weight excluding hydrogens is 202 g/mol. The summed E-state index contributed by atoms with van der Waals surface area (Å²) in [5.41, 5.74) is 6.46. The monoisotopic (exact) mass is 221 g/mol. The molecule has 4 heteroatoms. The standard InChI is InChI=1S/C12H19N3O/c1-7(2)9(5-13)11-10(16)6-14-12(15-11)8-3-4-8/h6-9,16H,3-5,13H2,1-2H3. The van der Waals surface area contributed by atoms with Crippen molar-refractivity contribution in [2.75, 3.05) is 6.54 Å². The molecule has 0 saturated heterocycles. The first kappa shape index (κ1) is 11.3. The van der Waals surface area contributed by atoms with Crippen molar-refractivity contribution in [2.24, 2.45) is 11.7 Å². The number of rotatable bonds is 4. The van der Waals surface area contributed by atoms with E-state index in [2.05, 4.69) is 23.8 Å². The molecule has 0 aliphatic heterocycles. The SMILES string of the molecule is CC(C)C(CN)c1nc(C2CC2)ncc1O. The molecule has 1 saturated carbocycles. The molecule has 1 unspecified atom stereocenters. The fourth-order valence-electron chi connectivity index (χ4n) is 1.91. The molecule has 1 fully saturated rings. The molecule has 2 rings (SSSR count). The van der Waals surface area contributed by atoms with E-state index in [4.69, 9.17) is 5.73 Å². The van der Waals surface area contributed by atoms with Gasteiger partial charge in [0.25, 0.3) is 0 Å². The Labute approximate surface area is 95.9 Å². The molecule has 0 spiro atoms. The Hall–Kier alpha value is -1.16. The third-order valence-corrected chi connectivity index (χ3v) is 3.17. The summed E-state index contributed by atoms with van der Waals surface area (Å²) in [4.78, 5) is 8.66. The van der Waals surface area contributed by atoms with Gasteiger partial charge >= 0.3 is 0 Å². The van der Waals surface area contributed by atoms with Crippen LogP contribution >= 0.6 is 0 Å². The number of aromatic nitrogens is 2. The predicted molar refractivity (Wildman–Crippen MR) is 62.3 cm³/mol. The lowest BCUT2D eigenvalue weighted by Gasteiger charge is -2.19. The van der Waals surface area contributed by atoms with Crippen LogP contribution in [0.15, 0.2) is 6.20 Å². The third kappa shape index (κ3) is 2.16. The number of nitrogens with two attached hydrogens (primary N) is 1. The fraction of sp³-hybridized carbons (Fsp3) is 0.667. The van der Waals surface area contributed by atoms with Crippen molar-refractivity contribution in [3.63, 3.8) is 0 Å². The molecule has 1 aromatic heterocycles. The van der Waals surface area contributed by atoms with Gasteiger partial charge in [0.05, 0.1) is 11.9 Å². The van der Waals surface area contributed by atoms with Gasteiger partial charge in [-0.2, -0.15) is 0 Å². The Balaban J connectivity index is 2.32. The first-order valence-corrected chi connectivity index (χ1v) is 5.89. The molecule has 1 atom stereocenters. The zero-order chi connectivity index (χ0) is 11.7. The number of aromatic hydroxyl groups is 1. The van der Waals surface area contributed by atoms with Gasteiger partial charge in [0.2, 0.25) is 0 Å². The third-order valence-electron chi connectivity index (χ3n) is 3.17. The number of nitrogens with zero attached hydrogens (tertiary/aromatic N) is 2. The summed E-state index contributed by atoms with van der Waals surface area (Å²) in [5.74, 6) is 2.03. The maximum atomic E-state index is 9.81. The maximum absolute atomic E-state index is 9.81. The van der Waals surface area contributed by atoms with Gasteiger partial charge in [-0.3, -0.25) is 0 Å². The van der Waals surface area contributed by atoms with Gasteiger partial charge in [-0.25, -0.2) is 9.97 Å². The van der Waals surface area contributed by atoms with E-state index in [9.17, 15) is 5.11 Å². The molecule has 16 heavy (non-hydrogen) atoms. The smallest absolute Gasteiger partial charge is 0.155 e. The Kier molecular flexibility index (Phi) is 3.10. The van der Waals surface area contributed by atoms with E-state index in [-0.39, 0.29) is 11.7 Å². The Morgan fingerprint density at radius 2 is 2.19 bits per heavy atom. The van der Waals surface area contributed by atoms with Gasteiger partial charge in [0.15, 0.2) is 5.75 Å². The lowest BCUT2D eigenvalue weighted by atomic mass is 9.92. The number of hydrogen-bond donors (Lipinski definition) is 2. The van der Waals surface area contributed by atoms with E-state index in [0.29, 0.717) is 18.4 Å². The molecule has 1 aromatic rings. The zero-order valence-corrected chi connectivity index (χ0v) is 9.85. The van der Waals surface area contributed by atoms with E-state index in [0.717, 1.165) is 11.5 Å². The molecular formula is C12H19N3O. The van der Waals surface area contributed by atoms with Crippen LogP contribution in [0.25, 0.3) is 0 Å². The summed E-state index contributed by atoms with van der Waals surface area (Å²) in [6.07, 6.45) is 3.85. The Bertz CT molecular complexity index is 375. The van der Waals surface area contributed by atoms with Crippen LogP contribution in [0, 0.1) is 5.92 Å². The highest BCUT2D eigenvalue weighted by Gasteiger charge is 2.28. The average molecular weight is 221 g/mol. The zero-order valence-electron chi connectivity index (χ0n) is 9.85. The highest BCUT2D eigenvalue weighted by molar-refractivity contribution is 5.28. The largest absolute Gasteiger partial charge is 0.504 e. The first-order valence-electron chi connectivity index (χ1n) is 5.89. The second-order valence-corrected chi connectivity index (χ2v) is 4.86. The van der Waals surface area contributed by atoms with E-state index < -0.39 is 0 Å². The fourth-order valence-corrected chi connectivity index (χ4v) is 1.91. The van der Waals surface area contributed by atoms with Crippen molar-refractivity contribution in [1.29, 1.82) is 0 Å². The molecule has 1 heterocycles. The molecule has 0 aromatic carbocycles. The molecule has 0 bridgehead atoms. The summed E-state index contributed by atoms with van der Waals surface area (Å²) in [6.45, 7) is 4.69. The van der Waals surface area contributed by atoms with Crippen LogP contribution < -0.4 is 5.73 Å². The molecule has 88 valence electrons. The van der Waals surface area contributed by atoms with Crippen LogP contribution in [0.5, 0.6) is 5.75 Å². The molecule has 1 aliphatic rings. The normalized spacial score (nSPS) is 17.8. The highest BCUT2D eigenvalue weighted by atomic mass is 16.3. The summed E-state index contributed by atoms with van der Waals surface area (Å²) >= 11 is 0. The van der Waals surface area contributed by atoms with Gasteiger partial charge in [-0.1, -0.05) is 13.8 Å². The van der Waals surface area contributed by atoms with Gasteiger partial charge in [0, 0.05) is 18.4 Å². The minimum atomic E-state index is 0.112. The summed E-state index contributed by atoms with van der Waals surface area (Å²) in [6, 6.07) is 0. The molecule has 1 aliphatic carbocycles. The van der Waals surface area contributed by atoms with E-state index in [1.165, 1.54) is 19.0 Å². The molecule has 3 N–H and O–H groups in total. The average Bonchev–Trinajstić information content (AvgIpc) is 3.05. The van der Waals surface area contributed by atoms with E-state index in [1.54, 1.807) is 0 Å². The van der Waals surface area contributed by atoms with Crippen molar-refractivity contribution in [2.45, 2.75) is 38.5 Å². The van der Waals surface area contributed by atoms with E-state index in [1.807, 2.05) is 0 Å². The predicted octanol–water partition coefficient (Wildman–Crippen LogP) is 1.76. The summed E-state index contributed by atoms with van der Waals surface area (Å²) in [5, 5.41) is 9.81. The van der Waals surface area contributed by atoms with Crippen molar-refractivity contribution in [3.05, 3.63) is 17.7 Å². The second-order valence-electron chi connectivity index (χ2n) is 4.86. The van der Waals surface area contributed by atoms with Crippen molar-refractivity contribution in [3.8, 4) is 5.75 Å². The minimum absolute atomic E-state index is 0.112. The lowest BCUT2D eigenvalue weighted by Crippen LogP contribution is -2.19. The van der Waals surface area contributed by atoms with Crippen molar-refractivity contribution < 1.29 is 5.11 Å². The quantitative estimate of drug-likeness (QED) is 0.812. The molecule has 0 amide bonds. The lowest BCUT2D eigenvalue weighted by molar-refractivity contribution is 0.424. The van der Waals surface area contributed by atoms with Crippen molar-refractivity contribution in [1.82, 2.24) is 9.97 Å². The minimum Gasteiger partial charge on any atom is -0.504 e. The molecule has 4 nitrogen and oxygen atoms in total. The summed E-state index contributed by atoms with van der Waals surface area (Å²) < 4.78 is 0. The molecule has 0 radical (unpaired) electrons. The van der Waals surface area contributed by atoms with Crippen LogP contribution in [-0.4, -0.2) is 21.6 Å². The Morgan fingerprint density at radius 1 is 1.50 bits per heavy atom. The Morgan fingerprint density at radius 3 is 2.69 bits per heavy atom. The maximum Gasteiger partial charge on any atom is 0.155 e. The van der Waals surface area contributed by atoms with Crippen LogP contribution in [-0.2, 0) is 0 Å². The van der Waals surface area contributed by atoms with Crippen LogP contribution in [0.1, 0.15) is 50.0 Å².